The van der Waals surface area contributed by atoms with E-state index in [1.807, 2.05) is 66.9 Å². The molecule has 0 spiro atoms. The van der Waals surface area contributed by atoms with E-state index in [1.165, 1.54) is 0 Å². The van der Waals surface area contributed by atoms with Gasteiger partial charge in [0.25, 0.3) is 5.91 Å². The molecule has 0 saturated carbocycles. The van der Waals surface area contributed by atoms with Crippen LogP contribution in [0.1, 0.15) is 29.4 Å². The van der Waals surface area contributed by atoms with E-state index in [-0.39, 0.29) is 24.8 Å². The van der Waals surface area contributed by atoms with E-state index in [9.17, 15) is 9.59 Å². The lowest BCUT2D eigenvalue weighted by Gasteiger charge is -2.10. The molecule has 2 N–H and O–H groups in total. The lowest BCUT2D eigenvalue weighted by molar-refractivity contribution is -0.116. The Balaban J connectivity index is 1.60. The third-order valence-electron chi connectivity index (χ3n) is 4.47. The van der Waals surface area contributed by atoms with Crippen molar-refractivity contribution < 1.29 is 9.59 Å². The van der Waals surface area contributed by atoms with E-state index in [2.05, 4.69) is 26.6 Å². The number of halogens is 1. The second kappa shape index (κ2) is 8.39. The van der Waals surface area contributed by atoms with Crippen LogP contribution in [0.15, 0.2) is 53.0 Å². The van der Waals surface area contributed by atoms with Crippen LogP contribution in [0.5, 0.6) is 0 Å². The fourth-order valence-electron chi connectivity index (χ4n) is 3.06. The van der Waals surface area contributed by atoms with Crippen LogP contribution in [0.2, 0.25) is 0 Å². The van der Waals surface area contributed by atoms with Crippen molar-refractivity contribution in [3.63, 3.8) is 0 Å². The minimum absolute atomic E-state index is 0.132. The number of amides is 2. The van der Waals surface area contributed by atoms with E-state index in [0.717, 1.165) is 26.6 Å². The fraction of sp³-hybridized carbons (Fsp3) is 0.238. The number of fused-ring (bicyclic) bond motifs is 1. The Labute approximate surface area is 166 Å². The maximum Gasteiger partial charge on any atom is 0.267 e. The van der Waals surface area contributed by atoms with Gasteiger partial charge in [-0.3, -0.25) is 9.59 Å². The van der Waals surface area contributed by atoms with Gasteiger partial charge in [0.05, 0.1) is 0 Å². The van der Waals surface area contributed by atoms with E-state index >= 15 is 0 Å². The summed E-state index contributed by atoms with van der Waals surface area (Å²) in [6.45, 7) is 4.94. The van der Waals surface area contributed by atoms with E-state index in [0.29, 0.717) is 12.2 Å². The molecule has 0 radical (unpaired) electrons. The standard InChI is InChI=1S/C21H22BrN3O2/c1-3-25-18-7-5-4-6-15(18)12-19(25)21(27)23-11-10-20(26)24-17-13-16(22)9-8-14(17)2/h4-9,12-13H,3,10-11H2,1-2H3,(H,23,27)(H,24,26). The molecule has 3 rings (SSSR count). The van der Waals surface area contributed by atoms with E-state index in [4.69, 9.17) is 0 Å². The third kappa shape index (κ3) is 4.39. The zero-order chi connectivity index (χ0) is 19.4. The number of nitrogens with zero attached hydrogens (tertiary/aromatic N) is 1. The fourth-order valence-corrected chi connectivity index (χ4v) is 3.42. The van der Waals surface area contributed by atoms with E-state index < -0.39 is 0 Å². The number of anilines is 1. The second-order valence-corrected chi connectivity index (χ2v) is 7.26. The summed E-state index contributed by atoms with van der Waals surface area (Å²) in [5.74, 6) is -0.299. The molecule has 0 aliphatic rings. The van der Waals surface area contributed by atoms with Gasteiger partial charge >= 0.3 is 0 Å². The Kier molecular flexibility index (Phi) is 5.96. The Hall–Kier alpha value is -2.60. The molecule has 0 atom stereocenters. The zero-order valence-electron chi connectivity index (χ0n) is 15.4. The molecule has 1 aromatic heterocycles. The van der Waals surface area contributed by atoms with Crippen LogP contribution in [0.4, 0.5) is 5.69 Å². The summed E-state index contributed by atoms with van der Waals surface area (Å²) in [5, 5.41) is 6.77. The van der Waals surface area contributed by atoms with Crippen LogP contribution in [0, 0.1) is 6.92 Å². The minimum Gasteiger partial charge on any atom is -0.350 e. The molecule has 2 aromatic carbocycles. The first-order valence-electron chi connectivity index (χ1n) is 8.92. The highest BCUT2D eigenvalue weighted by molar-refractivity contribution is 9.10. The van der Waals surface area contributed by atoms with Crippen LogP contribution in [0.25, 0.3) is 10.9 Å². The third-order valence-corrected chi connectivity index (χ3v) is 4.96. The summed E-state index contributed by atoms with van der Waals surface area (Å²) < 4.78 is 2.89. The zero-order valence-corrected chi connectivity index (χ0v) is 17.0. The molecule has 3 aromatic rings. The number of benzene rings is 2. The molecule has 0 aliphatic carbocycles. The van der Waals surface area contributed by atoms with Crippen molar-refractivity contribution in [2.45, 2.75) is 26.8 Å². The van der Waals surface area contributed by atoms with Gasteiger partial charge in [-0.2, -0.15) is 0 Å². The first kappa shape index (κ1) is 19.2. The van der Waals surface area contributed by atoms with Gasteiger partial charge in [0.2, 0.25) is 5.91 Å². The predicted molar refractivity (Wildman–Crippen MR) is 112 cm³/mol. The molecule has 0 bridgehead atoms. The number of hydrogen-bond donors (Lipinski definition) is 2. The number of carbonyl (C=O) groups is 2. The number of rotatable bonds is 6. The molecule has 0 unspecified atom stereocenters. The van der Waals surface area contributed by atoms with Crippen LogP contribution in [0.3, 0.4) is 0 Å². The molecule has 6 heteroatoms. The van der Waals surface area contributed by atoms with Gasteiger partial charge in [0.15, 0.2) is 0 Å². The summed E-state index contributed by atoms with van der Waals surface area (Å²) in [4.78, 5) is 24.7. The van der Waals surface area contributed by atoms with Gasteiger partial charge in [-0.05, 0) is 43.7 Å². The molecular formula is C21H22BrN3O2. The highest BCUT2D eigenvalue weighted by atomic mass is 79.9. The lowest BCUT2D eigenvalue weighted by Crippen LogP contribution is -2.29. The van der Waals surface area contributed by atoms with Crippen molar-refractivity contribution >= 4 is 44.3 Å². The normalized spacial score (nSPS) is 10.8. The van der Waals surface area contributed by atoms with Crippen LogP contribution in [-0.4, -0.2) is 22.9 Å². The van der Waals surface area contributed by atoms with Crippen molar-refractivity contribution in [1.82, 2.24) is 9.88 Å². The summed E-state index contributed by atoms with van der Waals surface area (Å²) in [7, 11) is 0. The number of hydrogen-bond acceptors (Lipinski definition) is 2. The highest BCUT2D eigenvalue weighted by Crippen LogP contribution is 2.21. The SMILES string of the molecule is CCn1c(C(=O)NCCC(=O)Nc2cc(Br)ccc2C)cc2ccccc21. The maximum absolute atomic E-state index is 12.6. The average Bonchev–Trinajstić information content (AvgIpc) is 3.03. The molecule has 140 valence electrons. The van der Waals surface area contributed by atoms with Crippen molar-refractivity contribution in [2.24, 2.45) is 0 Å². The van der Waals surface area contributed by atoms with Crippen molar-refractivity contribution in [2.75, 3.05) is 11.9 Å². The van der Waals surface area contributed by atoms with Gasteiger partial charge in [-0.1, -0.05) is 40.2 Å². The maximum atomic E-state index is 12.6. The summed E-state index contributed by atoms with van der Waals surface area (Å²) in [6.07, 6.45) is 0.212. The summed E-state index contributed by atoms with van der Waals surface area (Å²) in [5.41, 5.74) is 3.41. The highest BCUT2D eigenvalue weighted by Gasteiger charge is 2.14. The summed E-state index contributed by atoms with van der Waals surface area (Å²) >= 11 is 3.40. The summed E-state index contributed by atoms with van der Waals surface area (Å²) in [6, 6.07) is 15.5. The minimum atomic E-state index is -0.167. The van der Waals surface area contributed by atoms with Crippen molar-refractivity contribution in [3.8, 4) is 0 Å². The van der Waals surface area contributed by atoms with Gasteiger partial charge in [-0.15, -0.1) is 0 Å². The molecule has 2 amide bonds. The van der Waals surface area contributed by atoms with Gasteiger partial charge in [0.1, 0.15) is 5.69 Å². The molecule has 1 heterocycles. The smallest absolute Gasteiger partial charge is 0.267 e. The largest absolute Gasteiger partial charge is 0.350 e. The van der Waals surface area contributed by atoms with Crippen LogP contribution < -0.4 is 10.6 Å². The van der Waals surface area contributed by atoms with E-state index in [1.54, 1.807) is 0 Å². The Morgan fingerprint density at radius 1 is 1.11 bits per heavy atom. The van der Waals surface area contributed by atoms with Crippen molar-refractivity contribution in [3.05, 3.63) is 64.3 Å². The predicted octanol–water partition coefficient (Wildman–Crippen LogP) is 4.49. The lowest BCUT2D eigenvalue weighted by atomic mass is 10.2. The Bertz CT molecular complexity index is 994. The van der Waals surface area contributed by atoms with Gasteiger partial charge in [0, 0.05) is 40.6 Å². The Morgan fingerprint density at radius 3 is 2.67 bits per heavy atom. The quantitative estimate of drug-likeness (QED) is 0.608. The first-order chi connectivity index (χ1) is 13.0. The molecule has 0 saturated heterocycles. The molecule has 5 nitrogen and oxygen atoms in total. The van der Waals surface area contributed by atoms with Gasteiger partial charge in [-0.25, -0.2) is 0 Å². The first-order valence-corrected chi connectivity index (χ1v) is 9.71. The second-order valence-electron chi connectivity index (χ2n) is 6.35. The number of para-hydroxylation sites is 1. The monoisotopic (exact) mass is 427 g/mol. The number of nitrogens with one attached hydrogen (secondary N) is 2. The Morgan fingerprint density at radius 2 is 1.89 bits per heavy atom. The molecular weight excluding hydrogens is 406 g/mol. The van der Waals surface area contributed by atoms with Crippen LogP contribution in [-0.2, 0) is 11.3 Å². The van der Waals surface area contributed by atoms with Crippen molar-refractivity contribution in [1.29, 1.82) is 0 Å². The van der Waals surface area contributed by atoms with Crippen LogP contribution >= 0.6 is 15.9 Å². The molecule has 0 aliphatic heterocycles. The topological polar surface area (TPSA) is 63.1 Å². The number of carbonyl (C=O) groups excluding carboxylic acids is 2. The number of aryl methyl sites for hydroxylation is 2. The molecule has 27 heavy (non-hydrogen) atoms. The number of aromatic nitrogens is 1. The molecule has 0 fully saturated rings. The average molecular weight is 428 g/mol. The van der Waals surface area contributed by atoms with Gasteiger partial charge < -0.3 is 15.2 Å².